The molecule has 0 heterocycles. The molecular formula is C10H10N4O2. The lowest BCUT2D eigenvalue weighted by Crippen LogP contribution is -1.89. The van der Waals surface area contributed by atoms with E-state index in [1.165, 1.54) is 12.1 Å². The van der Waals surface area contributed by atoms with Crippen molar-refractivity contribution in [3.05, 3.63) is 56.0 Å². The van der Waals surface area contributed by atoms with Gasteiger partial charge in [-0.2, -0.15) is 0 Å². The van der Waals surface area contributed by atoms with Crippen LogP contribution in [0.3, 0.4) is 0 Å². The quantitative estimate of drug-likeness (QED) is 0.255. The third-order valence-corrected chi connectivity index (χ3v) is 2.02. The molecule has 6 heteroatoms. The number of nitro benzene ring substituents is 1. The highest BCUT2D eigenvalue weighted by Crippen LogP contribution is 2.18. The molecule has 0 spiro atoms. The summed E-state index contributed by atoms with van der Waals surface area (Å²) in [5, 5.41) is 13.9. The zero-order chi connectivity index (χ0) is 12.0. The molecule has 0 N–H and O–H groups in total. The van der Waals surface area contributed by atoms with E-state index in [-0.39, 0.29) is 12.2 Å². The summed E-state index contributed by atoms with van der Waals surface area (Å²) in [6.07, 6.45) is 3.36. The second kappa shape index (κ2) is 5.53. The number of hydrogen-bond donors (Lipinski definition) is 0. The zero-order valence-corrected chi connectivity index (χ0v) is 8.70. The monoisotopic (exact) mass is 218 g/mol. The van der Waals surface area contributed by atoms with Crippen LogP contribution in [0.25, 0.3) is 16.5 Å². The van der Waals surface area contributed by atoms with Crippen LogP contribution in [0.4, 0.5) is 5.69 Å². The van der Waals surface area contributed by atoms with Crippen molar-refractivity contribution in [3.8, 4) is 0 Å². The highest BCUT2D eigenvalue weighted by atomic mass is 16.6. The van der Waals surface area contributed by atoms with Crippen molar-refractivity contribution in [2.75, 3.05) is 6.54 Å². The smallest absolute Gasteiger partial charge is 0.258 e. The Bertz CT molecular complexity index is 476. The molecule has 0 aliphatic heterocycles. The number of aryl methyl sites for hydroxylation is 1. The average Bonchev–Trinajstić information content (AvgIpc) is 2.26. The summed E-state index contributed by atoms with van der Waals surface area (Å²) in [6.45, 7) is 2.09. The first-order chi connectivity index (χ1) is 7.65. The molecular weight excluding hydrogens is 208 g/mol. The summed E-state index contributed by atoms with van der Waals surface area (Å²) in [5.74, 6) is 0. The lowest BCUT2D eigenvalue weighted by molar-refractivity contribution is -0.384. The Morgan fingerprint density at radius 2 is 2.38 bits per heavy atom. The standard InChI is InChI=1S/C10H10N4O2/c1-8-4-5-10(14(15)16)7-9(8)3-2-6-12-13-11/h2-5,7H,6H2,1H3. The van der Waals surface area contributed by atoms with E-state index in [0.717, 1.165) is 11.1 Å². The van der Waals surface area contributed by atoms with E-state index in [4.69, 9.17) is 5.53 Å². The summed E-state index contributed by atoms with van der Waals surface area (Å²) in [5.41, 5.74) is 9.81. The highest BCUT2D eigenvalue weighted by Gasteiger charge is 2.06. The minimum Gasteiger partial charge on any atom is -0.258 e. The fourth-order valence-corrected chi connectivity index (χ4v) is 1.18. The second-order valence-electron chi connectivity index (χ2n) is 3.11. The summed E-state index contributed by atoms with van der Waals surface area (Å²) < 4.78 is 0. The Kier molecular flexibility index (Phi) is 4.06. The summed E-state index contributed by atoms with van der Waals surface area (Å²) in [6, 6.07) is 4.63. The Morgan fingerprint density at radius 3 is 3.00 bits per heavy atom. The molecule has 0 saturated heterocycles. The van der Waals surface area contributed by atoms with E-state index in [1.807, 2.05) is 6.92 Å². The van der Waals surface area contributed by atoms with Crippen LogP contribution < -0.4 is 0 Å². The van der Waals surface area contributed by atoms with Gasteiger partial charge in [-0.05, 0) is 23.6 Å². The largest absolute Gasteiger partial charge is 0.270 e. The van der Waals surface area contributed by atoms with E-state index < -0.39 is 4.92 Å². The van der Waals surface area contributed by atoms with Crippen LogP contribution in [0.15, 0.2) is 29.4 Å². The zero-order valence-electron chi connectivity index (χ0n) is 8.70. The highest BCUT2D eigenvalue weighted by molar-refractivity contribution is 5.57. The maximum Gasteiger partial charge on any atom is 0.270 e. The fraction of sp³-hybridized carbons (Fsp3) is 0.200. The van der Waals surface area contributed by atoms with Crippen molar-refractivity contribution in [3.63, 3.8) is 0 Å². The van der Waals surface area contributed by atoms with Gasteiger partial charge in [0.1, 0.15) is 0 Å². The van der Waals surface area contributed by atoms with Crippen LogP contribution >= 0.6 is 0 Å². The average molecular weight is 218 g/mol. The van der Waals surface area contributed by atoms with E-state index >= 15 is 0 Å². The number of hydrogen-bond acceptors (Lipinski definition) is 3. The molecule has 0 atom stereocenters. The van der Waals surface area contributed by atoms with Crippen molar-refractivity contribution < 1.29 is 4.92 Å². The van der Waals surface area contributed by atoms with Crippen molar-refractivity contribution >= 4 is 11.8 Å². The normalized spacial score (nSPS) is 10.1. The van der Waals surface area contributed by atoms with Gasteiger partial charge in [-0.1, -0.05) is 23.3 Å². The molecule has 1 aromatic carbocycles. The minimum absolute atomic E-state index is 0.0500. The second-order valence-corrected chi connectivity index (χ2v) is 3.11. The molecule has 6 nitrogen and oxygen atoms in total. The van der Waals surface area contributed by atoms with Crippen molar-refractivity contribution in [2.45, 2.75) is 6.92 Å². The van der Waals surface area contributed by atoms with Crippen molar-refractivity contribution in [2.24, 2.45) is 5.11 Å². The van der Waals surface area contributed by atoms with Gasteiger partial charge >= 0.3 is 0 Å². The number of nitro groups is 1. The van der Waals surface area contributed by atoms with Crippen molar-refractivity contribution in [1.29, 1.82) is 0 Å². The fourth-order valence-electron chi connectivity index (χ4n) is 1.18. The van der Waals surface area contributed by atoms with Crippen LogP contribution in [-0.2, 0) is 0 Å². The summed E-state index contributed by atoms with van der Waals surface area (Å²) in [4.78, 5) is 12.7. The maximum atomic E-state index is 10.6. The van der Waals surface area contributed by atoms with Gasteiger partial charge in [0.2, 0.25) is 0 Å². The molecule has 0 amide bonds. The first-order valence-corrected chi connectivity index (χ1v) is 4.57. The number of nitrogens with zero attached hydrogens (tertiary/aromatic N) is 4. The molecule has 0 radical (unpaired) electrons. The van der Waals surface area contributed by atoms with Crippen molar-refractivity contribution in [1.82, 2.24) is 0 Å². The topological polar surface area (TPSA) is 91.9 Å². The van der Waals surface area contributed by atoms with Crippen LogP contribution in [-0.4, -0.2) is 11.5 Å². The van der Waals surface area contributed by atoms with Crippen LogP contribution in [0, 0.1) is 17.0 Å². The summed E-state index contributed by atoms with van der Waals surface area (Å²) >= 11 is 0. The van der Waals surface area contributed by atoms with E-state index in [1.54, 1.807) is 18.2 Å². The number of rotatable bonds is 4. The molecule has 1 rings (SSSR count). The van der Waals surface area contributed by atoms with Gasteiger partial charge in [0.25, 0.3) is 5.69 Å². The van der Waals surface area contributed by atoms with Gasteiger partial charge in [0.05, 0.1) is 4.92 Å². The third-order valence-electron chi connectivity index (χ3n) is 2.02. The predicted molar refractivity (Wildman–Crippen MR) is 60.9 cm³/mol. The minimum atomic E-state index is -0.440. The Balaban J connectivity index is 2.94. The van der Waals surface area contributed by atoms with E-state index in [9.17, 15) is 10.1 Å². The van der Waals surface area contributed by atoms with Crippen LogP contribution in [0.5, 0.6) is 0 Å². The van der Waals surface area contributed by atoms with E-state index in [2.05, 4.69) is 10.0 Å². The van der Waals surface area contributed by atoms with E-state index in [0.29, 0.717) is 0 Å². The molecule has 1 aromatic rings. The molecule has 0 saturated carbocycles. The van der Waals surface area contributed by atoms with Gasteiger partial charge in [-0.15, -0.1) is 0 Å². The SMILES string of the molecule is Cc1ccc([N+](=O)[O-])cc1C=CCN=[N+]=[N-]. The number of benzene rings is 1. The lowest BCUT2D eigenvalue weighted by Gasteiger charge is -1.99. The number of non-ortho nitro benzene ring substituents is 1. The molecule has 0 aliphatic carbocycles. The predicted octanol–water partition coefficient (Wildman–Crippen LogP) is 3.23. The first kappa shape index (κ1) is 11.7. The molecule has 0 unspecified atom stereocenters. The molecule has 0 aromatic heterocycles. The van der Waals surface area contributed by atoms with Crippen LogP contribution in [0.1, 0.15) is 11.1 Å². The Hall–Kier alpha value is -2.33. The molecule has 0 aliphatic rings. The van der Waals surface area contributed by atoms with Gasteiger partial charge < -0.3 is 0 Å². The van der Waals surface area contributed by atoms with Gasteiger partial charge in [0, 0.05) is 23.6 Å². The van der Waals surface area contributed by atoms with Gasteiger partial charge in [0.15, 0.2) is 0 Å². The van der Waals surface area contributed by atoms with Gasteiger partial charge in [-0.25, -0.2) is 0 Å². The third kappa shape index (κ3) is 3.11. The molecule has 16 heavy (non-hydrogen) atoms. The Labute approximate surface area is 92.0 Å². The summed E-state index contributed by atoms with van der Waals surface area (Å²) in [7, 11) is 0. The number of azide groups is 1. The molecule has 0 fully saturated rings. The van der Waals surface area contributed by atoms with Gasteiger partial charge in [-0.3, -0.25) is 10.1 Å². The molecule has 0 bridgehead atoms. The first-order valence-electron chi connectivity index (χ1n) is 4.57. The van der Waals surface area contributed by atoms with Crippen LogP contribution in [0.2, 0.25) is 0 Å². The Morgan fingerprint density at radius 1 is 1.62 bits per heavy atom. The molecule has 82 valence electrons. The lowest BCUT2D eigenvalue weighted by atomic mass is 10.1. The maximum absolute atomic E-state index is 10.6.